The molecule has 108 valence electrons. The second kappa shape index (κ2) is 7.24. The Morgan fingerprint density at radius 2 is 2.25 bits per heavy atom. The summed E-state index contributed by atoms with van der Waals surface area (Å²) in [5.41, 5.74) is 0.751. The van der Waals surface area contributed by atoms with E-state index in [2.05, 4.69) is 20.9 Å². The first-order valence-corrected chi connectivity index (χ1v) is 8.51. The molecule has 0 amide bonds. The molecule has 0 unspecified atom stereocenters. The van der Waals surface area contributed by atoms with Gasteiger partial charge in [-0.1, -0.05) is 27.7 Å². The van der Waals surface area contributed by atoms with Crippen LogP contribution in [0.2, 0.25) is 0 Å². The van der Waals surface area contributed by atoms with Crippen LogP contribution in [0.5, 0.6) is 0 Å². The number of hydrogen-bond donors (Lipinski definition) is 0. The van der Waals surface area contributed by atoms with Gasteiger partial charge in [0.05, 0.1) is 10.9 Å². The zero-order valence-corrected chi connectivity index (χ0v) is 14.0. The summed E-state index contributed by atoms with van der Waals surface area (Å²) >= 11 is 4.89. The van der Waals surface area contributed by atoms with Crippen molar-refractivity contribution < 1.29 is 4.74 Å². The molecule has 0 radical (unpaired) electrons. The van der Waals surface area contributed by atoms with Crippen molar-refractivity contribution in [2.75, 3.05) is 19.5 Å². The average Bonchev–Trinajstić information content (AvgIpc) is 2.45. The molecule has 0 saturated carbocycles. The fourth-order valence-corrected chi connectivity index (χ4v) is 2.94. The number of nitrogens with zero attached hydrogens (tertiary/aromatic N) is 2. The van der Waals surface area contributed by atoms with Crippen molar-refractivity contribution in [2.45, 2.75) is 25.0 Å². The molecule has 20 heavy (non-hydrogen) atoms. The standard InChI is InChI=1S/C14H17BrN2O2S/c1-3-19-8-4-7-17-13(18)11-9-10(15)5-6-12(11)16-14(17)20-2/h5-6,9H,3-4,7-8H2,1-2H3. The number of thioether (sulfide) groups is 1. The highest BCUT2D eigenvalue weighted by atomic mass is 79.9. The largest absolute Gasteiger partial charge is 0.382 e. The topological polar surface area (TPSA) is 44.1 Å². The van der Waals surface area contributed by atoms with E-state index in [1.165, 1.54) is 11.8 Å². The monoisotopic (exact) mass is 356 g/mol. The van der Waals surface area contributed by atoms with Crippen LogP contribution in [0.25, 0.3) is 10.9 Å². The fourth-order valence-electron chi connectivity index (χ4n) is 1.99. The van der Waals surface area contributed by atoms with Crippen molar-refractivity contribution in [1.29, 1.82) is 0 Å². The number of fused-ring (bicyclic) bond motifs is 1. The summed E-state index contributed by atoms with van der Waals surface area (Å²) in [7, 11) is 0. The van der Waals surface area contributed by atoms with Crippen LogP contribution in [0.1, 0.15) is 13.3 Å². The van der Waals surface area contributed by atoms with Crippen molar-refractivity contribution >= 4 is 38.6 Å². The Morgan fingerprint density at radius 3 is 2.95 bits per heavy atom. The molecule has 0 fully saturated rings. The minimum atomic E-state index is 0.0112. The van der Waals surface area contributed by atoms with Gasteiger partial charge in [0.25, 0.3) is 5.56 Å². The summed E-state index contributed by atoms with van der Waals surface area (Å²) in [6.45, 7) is 3.96. The number of benzene rings is 1. The first-order valence-electron chi connectivity index (χ1n) is 6.49. The van der Waals surface area contributed by atoms with Gasteiger partial charge in [-0.15, -0.1) is 0 Å². The average molecular weight is 357 g/mol. The highest BCUT2D eigenvalue weighted by molar-refractivity contribution is 9.10. The SMILES string of the molecule is CCOCCCn1c(SC)nc2ccc(Br)cc2c1=O. The predicted molar refractivity (Wildman–Crippen MR) is 86.6 cm³/mol. The van der Waals surface area contributed by atoms with Crippen molar-refractivity contribution in [3.8, 4) is 0 Å². The summed E-state index contributed by atoms with van der Waals surface area (Å²) in [5, 5.41) is 1.40. The highest BCUT2D eigenvalue weighted by Gasteiger charge is 2.10. The van der Waals surface area contributed by atoms with Crippen LogP contribution >= 0.6 is 27.7 Å². The highest BCUT2D eigenvalue weighted by Crippen LogP contribution is 2.19. The van der Waals surface area contributed by atoms with Gasteiger partial charge in [-0.2, -0.15) is 0 Å². The molecule has 4 nitrogen and oxygen atoms in total. The molecule has 0 aliphatic rings. The molecule has 0 aliphatic carbocycles. The Morgan fingerprint density at radius 1 is 1.45 bits per heavy atom. The summed E-state index contributed by atoms with van der Waals surface area (Å²) < 4.78 is 7.95. The number of halogens is 1. The lowest BCUT2D eigenvalue weighted by atomic mass is 10.2. The van der Waals surface area contributed by atoms with E-state index in [9.17, 15) is 4.79 Å². The van der Waals surface area contributed by atoms with Crippen LogP contribution in [0, 0.1) is 0 Å². The Balaban J connectivity index is 2.40. The molecule has 2 aromatic rings. The van der Waals surface area contributed by atoms with Gasteiger partial charge in [0.15, 0.2) is 5.16 Å². The van der Waals surface area contributed by atoms with E-state index in [4.69, 9.17) is 4.74 Å². The van der Waals surface area contributed by atoms with Crippen molar-refractivity contribution in [1.82, 2.24) is 9.55 Å². The molecule has 6 heteroatoms. The first kappa shape index (κ1) is 15.5. The van der Waals surface area contributed by atoms with Gasteiger partial charge < -0.3 is 4.74 Å². The Hall–Kier alpha value is -0.850. The molecule has 0 bridgehead atoms. The minimum absolute atomic E-state index is 0.0112. The second-order valence-electron chi connectivity index (χ2n) is 4.27. The first-order chi connectivity index (χ1) is 9.67. The summed E-state index contributed by atoms with van der Waals surface area (Å²) in [4.78, 5) is 17.1. The second-order valence-corrected chi connectivity index (χ2v) is 5.96. The third-order valence-corrected chi connectivity index (χ3v) is 4.11. The van der Waals surface area contributed by atoms with Crippen molar-refractivity contribution in [3.63, 3.8) is 0 Å². The number of aromatic nitrogens is 2. The lowest BCUT2D eigenvalue weighted by molar-refractivity contribution is 0.140. The van der Waals surface area contributed by atoms with E-state index in [0.29, 0.717) is 25.1 Å². The molecule has 0 saturated heterocycles. The maximum Gasteiger partial charge on any atom is 0.262 e. The van der Waals surface area contributed by atoms with Gasteiger partial charge >= 0.3 is 0 Å². The van der Waals surface area contributed by atoms with Gasteiger partial charge in [0.2, 0.25) is 0 Å². The van der Waals surface area contributed by atoms with E-state index in [1.54, 1.807) is 4.57 Å². The van der Waals surface area contributed by atoms with E-state index < -0.39 is 0 Å². The number of rotatable bonds is 6. The summed E-state index contributed by atoms with van der Waals surface area (Å²) in [5.74, 6) is 0. The lowest BCUT2D eigenvalue weighted by Crippen LogP contribution is -2.24. The molecule has 0 atom stereocenters. The lowest BCUT2D eigenvalue weighted by Gasteiger charge is -2.11. The van der Waals surface area contributed by atoms with Gasteiger partial charge in [-0.3, -0.25) is 9.36 Å². The molecule has 0 aliphatic heterocycles. The Bertz CT molecular complexity index is 657. The molecular weight excluding hydrogens is 340 g/mol. The van der Waals surface area contributed by atoms with Crippen molar-refractivity contribution in [2.24, 2.45) is 0 Å². The maximum atomic E-state index is 12.6. The zero-order valence-electron chi connectivity index (χ0n) is 11.6. The number of hydrogen-bond acceptors (Lipinski definition) is 4. The van der Waals surface area contributed by atoms with E-state index in [1.807, 2.05) is 31.4 Å². The third-order valence-electron chi connectivity index (χ3n) is 2.94. The van der Waals surface area contributed by atoms with Gasteiger partial charge in [0, 0.05) is 24.2 Å². The van der Waals surface area contributed by atoms with Crippen LogP contribution in [-0.2, 0) is 11.3 Å². The van der Waals surface area contributed by atoms with E-state index in [-0.39, 0.29) is 5.56 Å². The zero-order chi connectivity index (χ0) is 14.5. The smallest absolute Gasteiger partial charge is 0.262 e. The quantitative estimate of drug-likeness (QED) is 0.452. The normalized spacial score (nSPS) is 11.2. The van der Waals surface area contributed by atoms with Crippen LogP contribution in [0.15, 0.2) is 32.6 Å². The van der Waals surface area contributed by atoms with Gasteiger partial charge in [-0.25, -0.2) is 4.98 Å². The van der Waals surface area contributed by atoms with E-state index in [0.717, 1.165) is 21.6 Å². The summed E-state index contributed by atoms with van der Waals surface area (Å²) in [6, 6.07) is 5.59. The minimum Gasteiger partial charge on any atom is -0.382 e. The summed E-state index contributed by atoms with van der Waals surface area (Å²) in [6.07, 6.45) is 2.74. The van der Waals surface area contributed by atoms with E-state index >= 15 is 0 Å². The molecular formula is C14H17BrN2O2S. The fraction of sp³-hybridized carbons (Fsp3) is 0.429. The van der Waals surface area contributed by atoms with Crippen LogP contribution in [0.4, 0.5) is 0 Å². The molecule has 0 N–H and O–H groups in total. The van der Waals surface area contributed by atoms with Gasteiger partial charge in [0.1, 0.15) is 0 Å². The Kier molecular flexibility index (Phi) is 5.63. The van der Waals surface area contributed by atoms with Crippen LogP contribution < -0.4 is 5.56 Å². The molecule has 1 aromatic heterocycles. The Labute approximate surface area is 130 Å². The molecule has 1 heterocycles. The molecule has 2 rings (SSSR count). The molecule has 0 spiro atoms. The van der Waals surface area contributed by atoms with Gasteiger partial charge in [-0.05, 0) is 37.8 Å². The maximum absolute atomic E-state index is 12.6. The molecule has 1 aromatic carbocycles. The van der Waals surface area contributed by atoms with Crippen LogP contribution in [0.3, 0.4) is 0 Å². The number of ether oxygens (including phenoxy) is 1. The van der Waals surface area contributed by atoms with Crippen LogP contribution in [-0.4, -0.2) is 29.0 Å². The van der Waals surface area contributed by atoms with Crippen molar-refractivity contribution in [3.05, 3.63) is 33.0 Å². The third kappa shape index (κ3) is 3.42. The predicted octanol–water partition coefficient (Wildman–Crippen LogP) is 3.31.